The summed E-state index contributed by atoms with van der Waals surface area (Å²) in [7, 11) is 0. The molecular formula is C15H29N2O4. The number of carbonyl (C=O) groups is 2. The minimum atomic E-state index is -0.547. The van der Waals surface area contributed by atoms with E-state index in [0.29, 0.717) is 26.1 Å². The summed E-state index contributed by atoms with van der Waals surface area (Å²) in [6, 6.07) is 0. The molecule has 0 atom stereocenters. The third kappa shape index (κ3) is 10.9. The highest BCUT2D eigenvalue weighted by Crippen LogP contribution is 2.10. The second kappa shape index (κ2) is 8.10. The number of hydrogen-bond donors (Lipinski definition) is 1. The maximum atomic E-state index is 12.0. The maximum Gasteiger partial charge on any atom is 0.410 e. The van der Waals surface area contributed by atoms with Gasteiger partial charge in [-0.05, 0) is 48.0 Å². The highest BCUT2D eigenvalue weighted by Gasteiger charge is 2.22. The summed E-state index contributed by atoms with van der Waals surface area (Å²) in [6.07, 6.45) is -0.329. The molecule has 21 heavy (non-hydrogen) atoms. The first-order valence-corrected chi connectivity index (χ1v) is 7.18. The van der Waals surface area contributed by atoms with Gasteiger partial charge in [0.25, 0.3) is 0 Å². The van der Waals surface area contributed by atoms with Gasteiger partial charge in [-0.1, -0.05) is 6.92 Å². The van der Waals surface area contributed by atoms with Gasteiger partial charge in [-0.25, -0.2) is 9.59 Å². The first-order chi connectivity index (χ1) is 9.44. The molecule has 0 spiro atoms. The number of carbonyl (C=O) groups excluding carboxylic acids is 2. The summed E-state index contributed by atoms with van der Waals surface area (Å²) in [5.74, 6) is 0. The van der Waals surface area contributed by atoms with Gasteiger partial charge in [0, 0.05) is 19.6 Å². The van der Waals surface area contributed by atoms with Crippen LogP contribution in [0.4, 0.5) is 9.59 Å². The van der Waals surface area contributed by atoms with Crippen LogP contribution in [-0.2, 0) is 9.47 Å². The van der Waals surface area contributed by atoms with Crippen molar-refractivity contribution >= 4 is 12.2 Å². The van der Waals surface area contributed by atoms with Crippen LogP contribution in [0.15, 0.2) is 0 Å². The van der Waals surface area contributed by atoms with Gasteiger partial charge in [0.15, 0.2) is 0 Å². The largest absolute Gasteiger partial charge is 0.444 e. The number of nitrogens with one attached hydrogen (secondary N) is 1. The molecule has 1 radical (unpaired) electrons. The van der Waals surface area contributed by atoms with Gasteiger partial charge >= 0.3 is 12.2 Å². The monoisotopic (exact) mass is 301 g/mol. The zero-order valence-corrected chi connectivity index (χ0v) is 14.1. The molecule has 0 rings (SSSR count). The first-order valence-electron chi connectivity index (χ1n) is 7.18. The van der Waals surface area contributed by atoms with E-state index in [-0.39, 0.29) is 0 Å². The molecule has 0 aliphatic heterocycles. The normalized spacial score (nSPS) is 11.8. The van der Waals surface area contributed by atoms with E-state index >= 15 is 0 Å². The van der Waals surface area contributed by atoms with E-state index in [9.17, 15) is 9.59 Å². The molecule has 0 saturated heterocycles. The lowest BCUT2D eigenvalue weighted by atomic mass is 10.2. The van der Waals surface area contributed by atoms with Crippen LogP contribution in [0, 0.1) is 6.92 Å². The highest BCUT2D eigenvalue weighted by molar-refractivity contribution is 5.69. The summed E-state index contributed by atoms with van der Waals surface area (Å²) in [5, 5.41) is 2.61. The maximum absolute atomic E-state index is 12.0. The van der Waals surface area contributed by atoms with Crippen LogP contribution < -0.4 is 5.32 Å². The van der Waals surface area contributed by atoms with Gasteiger partial charge in [-0.2, -0.15) is 0 Å². The molecule has 0 saturated carbocycles. The molecule has 0 aromatic rings. The predicted molar refractivity (Wildman–Crippen MR) is 82.0 cm³/mol. The molecule has 0 fully saturated rings. The molecule has 2 amide bonds. The molecule has 0 aliphatic carbocycles. The fraction of sp³-hybridized carbons (Fsp3) is 0.800. The molecule has 1 N–H and O–H groups in total. The third-order valence-corrected chi connectivity index (χ3v) is 2.13. The zero-order valence-electron chi connectivity index (χ0n) is 14.1. The van der Waals surface area contributed by atoms with Gasteiger partial charge in [0.1, 0.15) is 11.2 Å². The number of alkyl carbamates (subject to hydrolysis) is 1. The minimum absolute atomic E-state index is 0.300. The van der Waals surface area contributed by atoms with Gasteiger partial charge in [0.05, 0.1) is 0 Å². The average molecular weight is 301 g/mol. The van der Waals surface area contributed by atoms with E-state index in [4.69, 9.17) is 9.47 Å². The van der Waals surface area contributed by atoms with Crippen molar-refractivity contribution in [3.05, 3.63) is 6.92 Å². The fourth-order valence-electron chi connectivity index (χ4n) is 1.42. The van der Waals surface area contributed by atoms with Crippen LogP contribution in [0.5, 0.6) is 0 Å². The van der Waals surface area contributed by atoms with Gasteiger partial charge in [-0.15, -0.1) is 0 Å². The summed E-state index contributed by atoms with van der Waals surface area (Å²) in [6.45, 7) is 15.7. The second-order valence-corrected chi connectivity index (χ2v) is 6.75. The van der Waals surface area contributed by atoms with Gasteiger partial charge in [0.2, 0.25) is 0 Å². The van der Waals surface area contributed by atoms with Crippen molar-refractivity contribution in [1.82, 2.24) is 10.2 Å². The molecule has 123 valence electrons. The predicted octanol–water partition coefficient (Wildman–Crippen LogP) is 2.97. The fourth-order valence-corrected chi connectivity index (χ4v) is 1.42. The SMILES string of the molecule is [CH2]CCN(CCNC(=O)OC(C)(C)C)C(=O)OC(C)(C)C. The molecule has 0 aromatic heterocycles. The summed E-state index contributed by atoms with van der Waals surface area (Å²) >= 11 is 0. The Labute approximate surface area is 128 Å². The van der Waals surface area contributed by atoms with Crippen LogP contribution >= 0.6 is 0 Å². The molecule has 0 unspecified atom stereocenters. The number of ether oxygens (including phenoxy) is 2. The Bertz CT molecular complexity index is 343. The standard InChI is InChI=1S/C15H29N2O4/c1-8-10-17(13(19)21-15(5,6)7)11-9-16-12(18)20-14(2,3)4/h1,8-11H2,2-7H3,(H,16,18). The lowest BCUT2D eigenvalue weighted by Crippen LogP contribution is -2.42. The Kier molecular flexibility index (Phi) is 7.53. The molecule has 0 aliphatic rings. The Morgan fingerprint density at radius 2 is 1.52 bits per heavy atom. The smallest absolute Gasteiger partial charge is 0.410 e. The number of rotatable bonds is 5. The number of hydrogen-bond acceptors (Lipinski definition) is 4. The van der Waals surface area contributed by atoms with Crippen LogP contribution in [0.3, 0.4) is 0 Å². The summed E-state index contributed by atoms with van der Waals surface area (Å²) in [4.78, 5) is 25.0. The minimum Gasteiger partial charge on any atom is -0.444 e. The zero-order chi connectivity index (χ0) is 16.7. The van der Waals surface area contributed by atoms with Crippen molar-refractivity contribution in [1.29, 1.82) is 0 Å². The highest BCUT2D eigenvalue weighted by atomic mass is 16.6. The lowest BCUT2D eigenvalue weighted by molar-refractivity contribution is 0.0243. The van der Waals surface area contributed by atoms with E-state index in [1.807, 2.05) is 20.8 Å². The summed E-state index contributed by atoms with van der Waals surface area (Å²) < 4.78 is 10.4. The molecule has 0 aromatic carbocycles. The molecule has 0 bridgehead atoms. The van der Waals surface area contributed by atoms with Crippen LogP contribution in [0.1, 0.15) is 48.0 Å². The Balaban J connectivity index is 4.28. The van der Waals surface area contributed by atoms with E-state index in [0.717, 1.165) is 0 Å². The topological polar surface area (TPSA) is 67.9 Å². The quantitative estimate of drug-likeness (QED) is 0.847. The van der Waals surface area contributed by atoms with Crippen LogP contribution in [0.2, 0.25) is 0 Å². The third-order valence-electron chi connectivity index (χ3n) is 2.13. The van der Waals surface area contributed by atoms with E-state index in [2.05, 4.69) is 12.2 Å². The number of nitrogens with zero attached hydrogens (tertiary/aromatic N) is 1. The van der Waals surface area contributed by atoms with Crippen molar-refractivity contribution in [3.63, 3.8) is 0 Å². The van der Waals surface area contributed by atoms with Crippen molar-refractivity contribution in [2.45, 2.75) is 59.2 Å². The van der Waals surface area contributed by atoms with Gasteiger partial charge in [-0.3, -0.25) is 0 Å². The second-order valence-electron chi connectivity index (χ2n) is 6.75. The molecule has 6 nitrogen and oxygen atoms in total. The first kappa shape index (κ1) is 19.5. The van der Waals surface area contributed by atoms with Crippen LogP contribution in [0.25, 0.3) is 0 Å². The van der Waals surface area contributed by atoms with E-state index < -0.39 is 23.4 Å². The molecule has 6 heteroatoms. The molecular weight excluding hydrogens is 272 g/mol. The van der Waals surface area contributed by atoms with Crippen molar-refractivity contribution < 1.29 is 19.1 Å². The number of amides is 2. The lowest BCUT2D eigenvalue weighted by Gasteiger charge is -2.27. The van der Waals surface area contributed by atoms with Gasteiger partial charge < -0.3 is 19.7 Å². The Hall–Kier alpha value is -1.46. The van der Waals surface area contributed by atoms with E-state index in [1.54, 1.807) is 20.8 Å². The summed E-state index contributed by atoms with van der Waals surface area (Å²) in [5.41, 5.74) is -1.09. The Morgan fingerprint density at radius 1 is 1.00 bits per heavy atom. The van der Waals surface area contributed by atoms with Crippen molar-refractivity contribution in [3.8, 4) is 0 Å². The Morgan fingerprint density at radius 3 is 1.95 bits per heavy atom. The van der Waals surface area contributed by atoms with E-state index in [1.165, 1.54) is 4.90 Å². The van der Waals surface area contributed by atoms with Crippen molar-refractivity contribution in [2.24, 2.45) is 0 Å². The van der Waals surface area contributed by atoms with Crippen LogP contribution in [-0.4, -0.2) is 47.9 Å². The molecule has 0 heterocycles. The van der Waals surface area contributed by atoms with Crippen molar-refractivity contribution in [2.75, 3.05) is 19.6 Å². The average Bonchev–Trinajstić information content (AvgIpc) is 2.22.